The van der Waals surface area contributed by atoms with Gasteiger partial charge in [0.2, 0.25) is 5.91 Å². The molecule has 0 saturated carbocycles. The zero-order valence-corrected chi connectivity index (χ0v) is 11.9. The second-order valence-corrected chi connectivity index (χ2v) is 5.63. The molecule has 0 aliphatic rings. The van der Waals surface area contributed by atoms with E-state index in [1.807, 2.05) is 13.8 Å². The van der Waals surface area contributed by atoms with E-state index < -0.39 is 5.82 Å². The molecule has 0 radical (unpaired) electrons. The van der Waals surface area contributed by atoms with Gasteiger partial charge in [0.1, 0.15) is 5.82 Å². The van der Waals surface area contributed by atoms with Gasteiger partial charge < -0.3 is 5.32 Å². The van der Waals surface area contributed by atoms with Gasteiger partial charge in [-0.2, -0.15) is 0 Å². The van der Waals surface area contributed by atoms with Gasteiger partial charge in [-0.05, 0) is 17.5 Å². The molecule has 0 aliphatic carbocycles. The average Bonchev–Trinajstić information content (AvgIpc) is 2.32. The van der Waals surface area contributed by atoms with E-state index in [0.29, 0.717) is 12.4 Å². The Hall–Kier alpha value is -0.800. The van der Waals surface area contributed by atoms with E-state index >= 15 is 0 Å². The summed E-state index contributed by atoms with van der Waals surface area (Å²) in [5, 5.41) is 2.99. The van der Waals surface area contributed by atoms with Crippen LogP contribution in [0.5, 0.6) is 0 Å². The number of benzene rings is 1. The zero-order valence-electron chi connectivity index (χ0n) is 10.4. The standard InChI is InChI=1S/C13H16Cl2FNO/c1-13(2,7-14)8-17-12(18)6-9-10(15)4-3-5-11(9)16/h3-5H,6-8H2,1-2H3,(H,17,18). The Balaban J connectivity index is 2.61. The molecule has 100 valence electrons. The first-order valence-corrected chi connectivity index (χ1v) is 6.52. The quantitative estimate of drug-likeness (QED) is 0.828. The third-order valence-electron chi connectivity index (χ3n) is 2.52. The van der Waals surface area contributed by atoms with Gasteiger partial charge in [-0.3, -0.25) is 4.79 Å². The summed E-state index contributed by atoms with van der Waals surface area (Å²) < 4.78 is 13.5. The highest BCUT2D eigenvalue weighted by atomic mass is 35.5. The summed E-state index contributed by atoms with van der Waals surface area (Å²) in [6, 6.07) is 4.36. The Labute approximate surface area is 116 Å². The van der Waals surface area contributed by atoms with E-state index in [1.165, 1.54) is 12.1 Å². The van der Waals surface area contributed by atoms with Crippen LogP contribution in [0.25, 0.3) is 0 Å². The molecule has 2 nitrogen and oxygen atoms in total. The molecule has 1 N–H and O–H groups in total. The van der Waals surface area contributed by atoms with Crippen LogP contribution in [0.2, 0.25) is 5.02 Å². The van der Waals surface area contributed by atoms with Gasteiger partial charge in [0.25, 0.3) is 0 Å². The molecule has 0 heterocycles. The van der Waals surface area contributed by atoms with Crippen molar-refractivity contribution in [2.24, 2.45) is 5.41 Å². The van der Waals surface area contributed by atoms with Crippen LogP contribution in [-0.2, 0) is 11.2 Å². The minimum absolute atomic E-state index is 0.0656. The van der Waals surface area contributed by atoms with Gasteiger partial charge in [-0.15, -0.1) is 11.6 Å². The number of carbonyl (C=O) groups is 1. The summed E-state index contributed by atoms with van der Waals surface area (Å²) in [6.45, 7) is 4.33. The predicted octanol–water partition coefficient (Wildman–Crippen LogP) is 3.40. The molecular formula is C13H16Cl2FNO. The molecular weight excluding hydrogens is 276 g/mol. The van der Waals surface area contributed by atoms with Crippen LogP contribution in [0.4, 0.5) is 4.39 Å². The van der Waals surface area contributed by atoms with Crippen molar-refractivity contribution in [2.75, 3.05) is 12.4 Å². The molecule has 1 rings (SSSR count). The summed E-state index contributed by atoms with van der Waals surface area (Å²) in [6.07, 6.45) is -0.0656. The van der Waals surface area contributed by atoms with E-state index in [9.17, 15) is 9.18 Å². The molecule has 0 atom stereocenters. The Morgan fingerprint density at radius 2 is 2.11 bits per heavy atom. The highest BCUT2D eigenvalue weighted by Crippen LogP contribution is 2.20. The molecule has 1 aromatic rings. The fourth-order valence-electron chi connectivity index (χ4n) is 1.31. The minimum atomic E-state index is -0.464. The van der Waals surface area contributed by atoms with Gasteiger partial charge in [0.05, 0.1) is 6.42 Å². The SMILES string of the molecule is CC(C)(CCl)CNC(=O)Cc1c(F)cccc1Cl. The van der Waals surface area contributed by atoms with Crippen molar-refractivity contribution >= 4 is 29.1 Å². The molecule has 0 spiro atoms. The number of nitrogens with one attached hydrogen (secondary N) is 1. The van der Waals surface area contributed by atoms with Crippen molar-refractivity contribution in [3.63, 3.8) is 0 Å². The number of amides is 1. The first-order chi connectivity index (χ1) is 8.35. The number of alkyl halides is 1. The second-order valence-electron chi connectivity index (χ2n) is 4.95. The number of carbonyl (C=O) groups excluding carboxylic acids is 1. The molecule has 0 bridgehead atoms. The van der Waals surface area contributed by atoms with Gasteiger partial charge in [0, 0.05) is 23.0 Å². The normalized spacial score (nSPS) is 11.4. The lowest BCUT2D eigenvalue weighted by atomic mass is 9.96. The fraction of sp³-hybridized carbons (Fsp3) is 0.462. The zero-order chi connectivity index (χ0) is 13.8. The topological polar surface area (TPSA) is 29.1 Å². The largest absolute Gasteiger partial charge is 0.355 e. The lowest BCUT2D eigenvalue weighted by molar-refractivity contribution is -0.120. The maximum atomic E-state index is 13.5. The summed E-state index contributed by atoms with van der Waals surface area (Å²) in [4.78, 5) is 11.7. The van der Waals surface area contributed by atoms with Crippen LogP contribution in [0.15, 0.2) is 18.2 Å². The summed E-state index contributed by atoms with van der Waals surface area (Å²) in [7, 11) is 0. The molecule has 0 unspecified atom stereocenters. The van der Waals surface area contributed by atoms with E-state index in [4.69, 9.17) is 23.2 Å². The molecule has 5 heteroatoms. The number of hydrogen-bond donors (Lipinski definition) is 1. The second kappa shape index (κ2) is 6.39. The Morgan fingerprint density at radius 1 is 1.44 bits per heavy atom. The molecule has 1 aromatic carbocycles. The van der Waals surface area contributed by atoms with Gasteiger partial charge >= 0.3 is 0 Å². The van der Waals surface area contributed by atoms with Crippen LogP contribution in [0.1, 0.15) is 19.4 Å². The molecule has 0 aromatic heterocycles. The lowest BCUT2D eigenvalue weighted by Crippen LogP contribution is -2.36. The Kier molecular flexibility index (Phi) is 5.42. The minimum Gasteiger partial charge on any atom is -0.355 e. The Morgan fingerprint density at radius 3 is 2.67 bits per heavy atom. The van der Waals surface area contributed by atoms with E-state index in [0.717, 1.165) is 0 Å². The van der Waals surface area contributed by atoms with Crippen LogP contribution in [0, 0.1) is 11.2 Å². The van der Waals surface area contributed by atoms with Gasteiger partial charge in [0.15, 0.2) is 0 Å². The third kappa shape index (κ3) is 4.46. The molecule has 18 heavy (non-hydrogen) atoms. The van der Waals surface area contributed by atoms with Crippen molar-refractivity contribution in [3.8, 4) is 0 Å². The van der Waals surface area contributed by atoms with Gasteiger partial charge in [-0.1, -0.05) is 31.5 Å². The monoisotopic (exact) mass is 291 g/mol. The lowest BCUT2D eigenvalue weighted by Gasteiger charge is -2.21. The van der Waals surface area contributed by atoms with Crippen LogP contribution in [-0.4, -0.2) is 18.3 Å². The maximum absolute atomic E-state index is 13.5. The number of halogens is 3. The van der Waals surface area contributed by atoms with Crippen molar-refractivity contribution in [1.82, 2.24) is 5.32 Å². The third-order valence-corrected chi connectivity index (χ3v) is 3.60. The fourth-order valence-corrected chi connectivity index (χ4v) is 1.63. The van der Waals surface area contributed by atoms with E-state index in [-0.39, 0.29) is 28.3 Å². The Bertz CT molecular complexity index is 415. The molecule has 1 amide bonds. The van der Waals surface area contributed by atoms with Crippen molar-refractivity contribution in [2.45, 2.75) is 20.3 Å². The van der Waals surface area contributed by atoms with Crippen molar-refractivity contribution in [3.05, 3.63) is 34.6 Å². The van der Waals surface area contributed by atoms with Crippen LogP contribution >= 0.6 is 23.2 Å². The predicted molar refractivity (Wildman–Crippen MR) is 72.6 cm³/mol. The van der Waals surface area contributed by atoms with Gasteiger partial charge in [-0.25, -0.2) is 4.39 Å². The van der Waals surface area contributed by atoms with E-state index in [2.05, 4.69) is 5.32 Å². The van der Waals surface area contributed by atoms with Crippen LogP contribution in [0.3, 0.4) is 0 Å². The summed E-state index contributed by atoms with van der Waals surface area (Å²) >= 11 is 11.6. The average molecular weight is 292 g/mol. The highest BCUT2D eigenvalue weighted by Gasteiger charge is 2.18. The molecule has 0 fully saturated rings. The summed E-state index contributed by atoms with van der Waals surface area (Å²) in [5.74, 6) is -0.289. The first-order valence-electron chi connectivity index (χ1n) is 5.61. The molecule has 0 saturated heterocycles. The number of rotatable bonds is 5. The maximum Gasteiger partial charge on any atom is 0.224 e. The van der Waals surface area contributed by atoms with E-state index in [1.54, 1.807) is 6.07 Å². The smallest absolute Gasteiger partial charge is 0.224 e. The molecule has 0 aliphatic heterocycles. The highest BCUT2D eigenvalue weighted by molar-refractivity contribution is 6.31. The first kappa shape index (κ1) is 15.3. The van der Waals surface area contributed by atoms with Crippen molar-refractivity contribution < 1.29 is 9.18 Å². The van der Waals surface area contributed by atoms with Crippen LogP contribution < -0.4 is 5.32 Å². The number of hydrogen-bond acceptors (Lipinski definition) is 1. The summed E-state index contributed by atoms with van der Waals surface area (Å²) in [5.41, 5.74) is 0.0383. The van der Waals surface area contributed by atoms with Crippen molar-refractivity contribution in [1.29, 1.82) is 0 Å².